The molecule has 6 heteroatoms. The Morgan fingerprint density at radius 1 is 1.27 bits per heavy atom. The first-order valence-corrected chi connectivity index (χ1v) is 6.99. The summed E-state index contributed by atoms with van der Waals surface area (Å²) in [5.41, 5.74) is 7.56. The van der Waals surface area contributed by atoms with Gasteiger partial charge in [0.05, 0.1) is 18.8 Å². The molecule has 0 amide bonds. The van der Waals surface area contributed by atoms with Gasteiger partial charge in [0.2, 0.25) is 5.88 Å². The van der Waals surface area contributed by atoms with Crippen LogP contribution in [0.5, 0.6) is 5.88 Å². The van der Waals surface area contributed by atoms with Gasteiger partial charge in [0, 0.05) is 12.7 Å². The number of anilines is 1. The van der Waals surface area contributed by atoms with Crippen LogP contribution in [0.1, 0.15) is 18.2 Å². The quantitative estimate of drug-likeness (QED) is 0.798. The zero-order valence-electron chi connectivity index (χ0n) is 12.4. The topological polar surface area (TPSA) is 73.2 Å². The number of nitrogens with two attached hydrogens (primary N) is 1. The smallest absolute Gasteiger partial charge is 0.218 e. The molecule has 0 bridgehead atoms. The van der Waals surface area contributed by atoms with Gasteiger partial charge in [-0.2, -0.15) is 5.26 Å². The van der Waals surface area contributed by atoms with Crippen LogP contribution < -0.4 is 10.5 Å². The van der Waals surface area contributed by atoms with Crippen LogP contribution in [-0.4, -0.2) is 24.4 Å². The zero-order chi connectivity index (χ0) is 15.9. The molecule has 1 aromatic heterocycles. The molecule has 0 spiro atoms. The number of hydrogen-bond donors (Lipinski definition) is 1. The molecule has 0 fully saturated rings. The van der Waals surface area contributed by atoms with Gasteiger partial charge in [-0.3, -0.25) is 4.57 Å². The maximum absolute atomic E-state index is 13.0. The van der Waals surface area contributed by atoms with Crippen LogP contribution in [0, 0.1) is 17.1 Å². The van der Waals surface area contributed by atoms with Gasteiger partial charge in [-0.1, -0.05) is 12.1 Å². The minimum Gasteiger partial charge on any atom is -0.475 e. The zero-order valence-corrected chi connectivity index (χ0v) is 12.4. The Kier molecular flexibility index (Phi) is 5.39. The minimum atomic E-state index is -0.301. The molecule has 0 atom stereocenters. The number of benzene rings is 1. The summed E-state index contributed by atoms with van der Waals surface area (Å²) in [6, 6.07) is 9.74. The van der Waals surface area contributed by atoms with Crippen LogP contribution in [0.4, 0.5) is 10.1 Å². The highest BCUT2D eigenvalue weighted by Crippen LogP contribution is 2.27. The van der Waals surface area contributed by atoms with Crippen LogP contribution >= 0.6 is 0 Å². The van der Waals surface area contributed by atoms with E-state index in [1.54, 1.807) is 22.8 Å². The maximum Gasteiger partial charge on any atom is 0.218 e. The van der Waals surface area contributed by atoms with Gasteiger partial charge >= 0.3 is 0 Å². The van der Waals surface area contributed by atoms with Crippen LogP contribution in [0.2, 0.25) is 0 Å². The van der Waals surface area contributed by atoms with Crippen molar-refractivity contribution in [2.24, 2.45) is 0 Å². The molecule has 0 unspecified atom stereocenters. The molecular formula is C16H18FN3O2. The van der Waals surface area contributed by atoms with Gasteiger partial charge < -0.3 is 15.2 Å². The molecule has 1 aromatic carbocycles. The molecule has 0 saturated heterocycles. The van der Waals surface area contributed by atoms with Crippen molar-refractivity contribution in [2.45, 2.75) is 13.5 Å². The van der Waals surface area contributed by atoms with Gasteiger partial charge in [0.15, 0.2) is 0 Å². The fourth-order valence-corrected chi connectivity index (χ4v) is 2.08. The Morgan fingerprint density at radius 3 is 2.64 bits per heavy atom. The Balaban J connectivity index is 2.20. The van der Waals surface area contributed by atoms with E-state index >= 15 is 0 Å². The molecule has 0 aliphatic heterocycles. The van der Waals surface area contributed by atoms with Crippen molar-refractivity contribution in [1.29, 1.82) is 5.26 Å². The molecule has 116 valence electrons. The molecule has 22 heavy (non-hydrogen) atoms. The largest absolute Gasteiger partial charge is 0.475 e. The third-order valence-corrected chi connectivity index (χ3v) is 3.11. The van der Waals surface area contributed by atoms with Gasteiger partial charge in [-0.05, 0) is 24.6 Å². The van der Waals surface area contributed by atoms with E-state index in [1.807, 2.05) is 6.92 Å². The Labute approximate surface area is 128 Å². The number of nitrogens with zero attached hydrogens (tertiary/aromatic N) is 2. The molecule has 0 aliphatic carbocycles. The maximum atomic E-state index is 13.0. The fraction of sp³-hybridized carbons (Fsp3) is 0.312. The molecule has 1 heterocycles. The normalized spacial score (nSPS) is 10.4. The first-order valence-electron chi connectivity index (χ1n) is 6.99. The number of nitrogen functional groups attached to an aromatic ring is 1. The summed E-state index contributed by atoms with van der Waals surface area (Å²) in [6.07, 6.45) is 0. The number of ether oxygens (including phenoxy) is 2. The monoisotopic (exact) mass is 303 g/mol. The second kappa shape index (κ2) is 7.48. The summed E-state index contributed by atoms with van der Waals surface area (Å²) in [5.74, 6) is 0.130. The first-order chi connectivity index (χ1) is 10.7. The number of aromatic nitrogens is 1. The predicted octanol–water partition coefficient (Wildman–Crippen LogP) is 2.54. The predicted molar refractivity (Wildman–Crippen MR) is 81.0 cm³/mol. The fourth-order valence-electron chi connectivity index (χ4n) is 2.08. The average Bonchev–Trinajstić information content (AvgIpc) is 2.82. The average molecular weight is 303 g/mol. The summed E-state index contributed by atoms with van der Waals surface area (Å²) in [5, 5.41) is 9.22. The second-order valence-corrected chi connectivity index (χ2v) is 4.66. The number of hydrogen-bond acceptors (Lipinski definition) is 4. The first kappa shape index (κ1) is 15.9. The third kappa shape index (κ3) is 3.77. The third-order valence-electron chi connectivity index (χ3n) is 3.11. The second-order valence-electron chi connectivity index (χ2n) is 4.66. The van der Waals surface area contributed by atoms with Crippen molar-refractivity contribution in [3.63, 3.8) is 0 Å². The summed E-state index contributed by atoms with van der Waals surface area (Å²) >= 11 is 0. The van der Waals surface area contributed by atoms with E-state index in [0.717, 1.165) is 5.56 Å². The highest BCUT2D eigenvalue weighted by atomic mass is 19.1. The van der Waals surface area contributed by atoms with E-state index in [1.165, 1.54) is 12.1 Å². The highest BCUT2D eigenvalue weighted by Gasteiger charge is 2.15. The lowest BCUT2D eigenvalue weighted by atomic mass is 10.2. The summed E-state index contributed by atoms with van der Waals surface area (Å²) in [6.45, 7) is 3.68. The van der Waals surface area contributed by atoms with Gasteiger partial charge in [0.25, 0.3) is 0 Å². The van der Waals surface area contributed by atoms with Crippen LogP contribution in [0.15, 0.2) is 30.3 Å². The van der Waals surface area contributed by atoms with Gasteiger partial charge in [0.1, 0.15) is 24.2 Å². The lowest BCUT2D eigenvalue weighted by Crippen LogP contribution is -2.12. The lowest BCUT2D eigenvalue weighted by molar-refractivity contribution is 0.107. The Morgan fingerprint density at radius 2 is 2.00 bits per heavy atom. The van der Waals surface area contributed by atoms with E-state index in [4.69, 9.17) is 15.2 Å². The van der Waals surface area contributed by atoms with E-state index in [2.05, 4.69) is 6.07 Å². The standard InChI is InChI=1S/C16H18FN3O2/c1-2-21-7-8-22-16-15(19)9-14(10-18)20(16)11-12-3-5-13(17)6-4-12/h3-6,9H,2,7-8,11,19H2,1H3. The summed E-state index contributed by atoms with van der Waals surface area (Å²) in [7, 11) is 0. The van der Waals surface area contributed by atoms with Gasteiger partial charge in [-0.25, -0.2) is 4.39 Å². The lowest BCUT2D eigenvalue weighted by Gasteiger charge is -2.12. The van der Waals surface area contributed by atoms with E-state index in [0.29, 0.717) is 43.6 Å². The molecule has 0 saturated carbocycles. The van der Waals surface area contributed by atoms with Crippen molar-refractivity contribution >= 4 is 5.69 Å². The SMILES string of the molecule is CCOCCOc1c(N)cc(C#N)n1Cc1ccc(F)cc1. The molecular weight excluding hydrogens is 285 g/mol. The number of nitriles is 1. The van der Waals surface area contributed by atoms with E-state index in [9.17, 15) is 9.65 Å². The minimum absolute atomic E-state index is 0.301. The van der Waals surface area contributed by atoms with E-state index in [-0.39, 0.29) is 5.82 Å². The van der Waals surface area contributed by atoms with Crippen molar-refractivity contribution in [3.8, 4) is 11.9 Å². The Bertz CT molecular complexity index is 659. The Hall–Kier alpha value is -2.52. The van der Waals surface area contributed by atoms with Crippen LogP contribution in [-0.2, 0) is 11.3 Å². The number of halogens is 1. The molecule has 2 aromatic rings. The van der Waals surface area contributed by atoms with Crippen LogP contribution in [0.3, 0.4) is 0 Å². The summed E-state index contributed by atoms with van der Waals surface area (Å²) in [4.78, 5) is 0. The van der Waals surface area contributed by atoms with Gasteiger partial charge in [-0.15, -0.1) is 0 Å². The van der Waals surface area contributed by atoms with E-state index < -0.39 is 0 Å². The number of rotatable bonds is 7. The molecule has 0 aliphatic rings. The van der Waals surface area contributed by atoms with Crippen LogP contribution in [0.25, 0.3) is 0 Å². The van der Waals surface area contributed by atoms with Crippen molar-refractivity contribution in [1.82, 2.24) is 4.57 Å². The summed E-state index contributed by atoms with van der Waals surface area (Å²) < 4.78 is 25.5. The van der Waals surface area contributed by atoms with Crippen molar-refractivity contribution < 1.29 is 13.9 Å². The molecule has 2 rings (SSSR count). The molecule has 0 radical (unpaired) electrons. The highest BCUT2D eigenvalue weighted by molar-refractivity contribution is 5.55. The molecule has 2 N–H and O–H groups in total. The van der Waals surface area contributed by atoms with Crippen molar-refractivity contribution in [2.75, 3.05) is 25.6 Å². The van der Waals surface area contributed by atoms with Crippen molar-refractivity contribution in [3.05, 3.63) is 47.4 Å². The molecule has 5 nitrogen and oxygen atoms in total.